The van der Waals surface area contributed by atoms with Gasteiger partial charge in [0.15, 0.2) is 0 Å². The average molecular weight is 430 g/mol. The summed E-state index contributed by atoms with van der Waals surface area (Å²) in [6.07, 6.45) is 0. The third kappa shape index (κ3) is 4.01. The van der Waals surface area contributed by atoms with Gasteiger partial charge < -0.3 is 14.4 Å². The van der Waals surface area contributed by atoms with Crippen molar-refractivity contribution in [2.75, 3.05) is 7.11 Å². The smallest absolute Gasteiger partial charge is 0.118 e. The van der Waals surface area contributed by atoms with Crippen LogP contribution in [0, 0.1) is 11.8 Å². The van der Waals surface area contributed by atoms with Crippen molar-refractivity contribution in [1.29, 1.82) is 0 Å². The summed E-state index contributed by atoms with van der Waals surface area (Å²) in [6, 6.07) is 34.5. The maximum Gasteiger partial charge on any atom is 0.118 e. The van der Waals surface area contributed by atoms with Crippen LogP contribution in [0.3, 0.4) is 0 Å². The zero-order chi connectivity index (χ0) is 22.6. The minimum atomic E-state index is -0.0154. The molecule has 1 aromatic heterocycles. The van der Waals surface area contributed by atoms with Gasteiger partial charge in [0.05, 0.1) is 30.5 Å². The van der Waals surface area contributed by atoms with Crippen LogP contribution in [0.5, 0.6) is 5.75 Å². The van der Waals surface area contributed by atoms with Gasteiger partial charge in [0.2, 0.25) is 0 Å². The maximum atomic E-state index is 9.80. The molecule has 0 atom stereocenters. The lowest BCUT2D eigenvalue weighted by molar-refractivity contribution is 0.282. The van der Waals surface area contributed by atoms with E-state index in [1.807, 2.05) is 72.8 Å². The van der Waals surface area contributed by atoms with Crippen molar-refractivity contribution in [3.05, 3.63) is 120 Å². The summed E-state index contributed by atoms with van der Waals surface area (Å²) >= 11 is 0. The van der Waals surface area contributed by atoms with Gasteiger partial charge in [-0.2, -0.15) is 0 Å². The summed E-state index contributed by atoms with van der Waals surface area (Å²) in [5, 5.41) is 10.8. The average Bonchev–Trinajstić information content (AvgIpc) is 3.22. The molecular formula is C30H23NO2. The van der Waals surface area contributed by atoms with E-state index in [1.165, 1.54) is 0 Å². The number of ether oxygens (including phenoxy) is 1. The Hall–Kier alpha value is -4.26. The summed E-state index contributed by atoms with van der Waals surface area (Å²) in [5.41, 5.74) is 6.95. The molecule has 5 rings (SSSR count). The maximum absolute atomic E-state index is 9.80. The number of aromatic nitrogens is 1. The molecule has 1 N–H and O–H groups in total. The first-order chi connectivity index (χ1) is 16.3. The molecule has 5 aromatic rings. The summed E-state index contributed by atoms with van der Waals surface area (Å²) in [7, 11) is 1.66. The molecule has 0 amide bonds. The highest BCUT2D eigenvalue weighted by molar-refractivity contribution is 5.97. The number of fused-ring (bicyclic) bond motifs is 1. The van der Waals surface area contributed by atoms with E-state index in [-0.39, 0.29) is 6.61 Å². The van der Waals surface area contributed by atoms with Crippen LogP contribution in [0.1, 0.15) is 16.7 Å². The first kappa shape index (κ1) is 20.6. The topological polar surface area (TPSA) is 34.4 Å². The van der Waals surface area contributed by atoms with Gasteiger partial charge in [-0.25, -0.2) is 0 Å². The highest BCUT2D eigenvalue weighted by Gasteiger charge is 2.19. The number of methoxy groups -OCH3 is 1. The normalized spacial score (nSPS) is 10.6. The molecule has 0 saturated carbocycles. The van der Waals surface area contributed by atoms with Crippen LogP contribution < -0.4 is 4.74 Å². The Balaban J connectivity index is 1.82. The molecule has 4 aromatic carbocycles. The molecule has 0 fully saturated rings. The van der Waals surface area contributed by atoms with Crippen LogP contribution in [0.2, 0.25) is 0 Å². The van der Waals surface area contributed by atoms with Crippen molar-refractivity contribution >= 4 is 10.9 Å². The fourth-order valence-electron chi connectivity index (χ4n) is 4.09. The number of rotatable bonds is 4. The molecule has 0 saturated heterocycles. The first-order valence-electron chi connectivity index (χ1n) is 10.8. The number of aliphatic hydroxyl groups excluding tert-OH is 1. The van der Waals surface area contributed by atoms with E-state index in [1.54, 1.807) is 7.11 Å². The van der Waals surface area contributed by atoms with Crippen LogP contribution in [-0.4, -0.2) is 16.8 Å². The van der Waals surface area contributed by atoms with E-state index in [0.29, 0.717) is 0 Å². The lowest BCUT2D eigenvalue weighted by Crippen LogP contribution is -1.97. The SMILES string of the molecule is COc1ccc(C#Cc2c(-c3ccccc3)n(-c3ccccc3)c3ccc(CO)cc23)cc1. The van der Waals surface area contributed by atoms with Crippen molar-refractivity contribution < 1.29 is 9.84 Å². The van der Waals surface area contributed by atoms with Crippen molar-refractivity contribution in [3.8, 4) is 34.5 Å². The minimum Gasteiger partial charge on any atom is -0.497 e. The summed E-state index contributed by atoms with van der Waals surface area (Å²) in [4.78, 5) is 0. The van der Waals surface area contributed by atoms with Gasteiger partial charge in [0.1, 0.15) is 5.75 Å². The largest absolute Gasteiger partial charge is 0.497 e. The van der Waals surface area contributed by atoms with Gasteiger partial charge in [-0.1, -0.05) is 66.4 Å². The van der Waals surface area contributed by atoms with Crippen LogP contribution in [0.15, 0.2) is 103 Å². The fourth-order valence-corrected chi connectivity index (χ4v) is 4.09. The second-order valence-corrected chi connectivity index (χ2v) is 7.75. The Labute approximate surface area is 193 Å². The Morgan fingerprint density at radius 3 is 2.15 bits per heavy atom. The molecule has 0 spiro atoms. The van der Waals surface area contributed by atoms with Crippen LogP contribution in [0.4, 0.5) is 0 Å². The molecule has 160 valence electrons. The molecule has 1 heterocycles. The van der Waals surface area contributed by atoms with E-state index in [0.717, 1.165) is 50.3 Å². The molecule has 0 bridgehead atoms. The van der Waals surface area contributed by atoms with Crippen molar-refractivity contribution in [2.24, 2.45) is 0 Å². The third-order valence-corrected chi connectivity index (χ3v) is 5.70. The predicted octanol–water partition coefficient (Wildman–Crippen LogP) is 6.20. The Morgan fingerprint density at radius 2 is 1.48 bits per heavy atom. The summed E-state index contributed by atoms with van der Waals surface area (Å²) in [6.45, 7) is -0.0154. The molecule has 33 heavy (non-hydrogen) atoms. The van der Waals surface area contributed by atoms with Gasteiger partial charge in [0.25, 0.3) is 0 Å². The van der Waals surface area contributed by atoms with Gasteiger partial charge >= 0.3 is 0 Å². The highest BCUT2D eigenvalue weighted by Crippen LogP contribution is 2.36. The third-order valence-electron chi connectivity index (χ3n) is 5.70. The molecule has 3 heteroatoms. The highest BCUT2D eigenvalue weighted by atomic mass is 16.5. The predicted molar refractivity (Wildman–Crippen MR) is 134 cm³/mol. The van der Waals surface area contributed by atoms with E-state index in [4.69, 9.17) is 4.74 Å². The number of benzene rings is 4. The molecule has 0 aliphatic heterocycles. The van der Waals surface area contributed by atoms with E-state index in [2.05, 4.69) is 46.7 Å². The second kappa shape index (κ2) is 9.08. The number of hydrogen-bond donors (Lipinski definition) is 1. The molecule has 3 nitrogen and oxygen atoms in total. The Bertz CT molecular complexity index is 1460. The van der Waals surface area contributed by atoms with Crippen LogP contribution in [-0.2, 0) is 6.61 Å². The van der Waals surface area contributed by atoms with Crippen molar-refractivity contribution in [3.63, 3.8) is 0 Å². The Morgan fingerprint density at radius 1 is 0.788 bits per heavy atom. The number of nitrogens with zero attached hydrogens (tertiary/aromatic N) is 1. The van der Waals surface area contributed by atoms with Crippen LogP contribution >= 0.6 is 0 Å². The summed E-state index contributed by atoms with van der Waals surface area (Å²) in [5.74, 6) is 7.60. The first-order valence-corrected chi connectivity index (χ1v) is 10.8. The van der Waals surface area contributed by atoms with E-state index in [9.17, 15) is 5.11 Å². The number of aliphatic hydroxyl groups is 1. The minimum absolute atomic E-state index is 0.0154. The molecule has 0 radical (unpaired) electrons. The fraction of sp³-hybridized carbons (Fsp3) is 0.0667. The van der Waals surface area contributed by atoms with Gasteiger partial charge in [-0.05, 0) is 59.7 Å². The lowest BCUT2D eigenvalue weighted by atomic mass is 10.0. The Kier molecular flexibility index (Phi) is 5.68. The van der Waals surface area contributed by atoms with E-state index < -0.39 is 0 Å². The zero-order valence-electron chi connectivity index (χ0n) is 18.3. The number of para-hydroxylation sites is 1. The molecule has 0 aliphatic rings. The quantitative estimate of drug-likeness (QED) is 0.345. The second-order valence-electron chi connectivity index (χ2n) is 7.75. The van der Waals surface area contributed by atoms with Gasteiger partial charge in [-0.3, -0.25) is 0 Å². The molecule has 0 aliphatic carbocycles. The molecule has 0 unspecified atom stereocenters. The van der Waals surface area contributed by atoms with Crippen molar-refractivity contribution in [2.45, 2.75) is 6.61 Å². The standard InChI is InChI=1S/C30H23NO2/c1-33-26-16-12-22(13-17-26)14-18-27-28-20-23(21-32)15-19-29(28)31(25-10-6-3-7-11-25)30(27)24-8-4-2-5-9-24/h2-13,15-17,19-20,32H,21H2,1H3. The number of hydrogen-bond acceptors (Lipinski definition) is 2. The summed E-state index contributed by atoms with van der Waals surface area (Å²) < 4.78 is 7.52. The van der Waals surface area contributed by atoms with Gasteiger partial charge in [-0.15, -0.1) is 0 Å². The monoisotopic (exact) mass is 429 g/mol. The molecular weight excluding hydrogens is 406 g/mol. The van der Waals surface area contributed by atoms with Gasteiger partial charge in [0, 0.05) is 16.6 Å². The lowest BCUT2D eigenvalue weighted by Gasteiger charge is -2.12. The van der Waals surface area contributed by atoms with E-state index >= 15 is 0 Å². The van der Waals surface area contributed by atoms with Crippen LogP contribution in [0.25, 0.3) is 27.8 Å². The van der Waals surface area contributed by atoms with Crippen molar-refractivity contribution in [1.82, 2.24) is 4.57 Å². The zero-order valence-corrected chi connectivity index (χ0v) is 18.3.